The molecule has 0 bridgehead atoms. The molecule has 0 aliphatic rings. The summed E-state index contributed by atoms with van der Waals surface area (Å²) in [6, 6.07) is 8.44. The molecule has 1 aromatic heterocycles. The normalized spacial score (nSPS) is 10.5. The van der Waals surface area contributed by atoms with Crippen LogP contribution in [0.15, 0.2) is 36.7 Å². The second-order valence-electron chi connectivity index (χ2n) is 4.93. The van der Waals surface area contributed by atoms with Gasteiger partial charge < -0.3 is 24.6 Å². The number of hydrogen-bond acceptors (Lipinski definition) is 7. The first-order valence-corrected chi connectivity index (χ1v) is 7.17. The summed E-state index contributed by atoms with van der Waals surface area (Å²) in [5.41, 5.74) is 1.42. The molecule has 0 aliphatic carbocycles. The van der Waals surface area contributed by atoms with E-state index in [9.17, 15) is 5.11 Å². The maximum absolute atomic E-state index is 9.40. The third kappa shape index (κ3) is 2.71. The number of fused-ring (bicyclic) bond motifs is 1. The number of anilines is 2. The quantitative estimate of drug-likeness (QED) is 0.696. The van der Waals surface area contributed by atoms with Crippen LogP contribution in [0.2, 0.25) is 0 Å². The summed E-state index contributed by atoms with van der Waals surface area (Å²) in [6.07, 6.45) is 1.45. The topological polar surface area (TPSA) is 85.7 Å². The van der Waals surface area contributed by atoms with Gasteiger partial charge in [-0.3, -0.25) is 0 Å². The fourth-order valence-corrected chi connectivity index (χ4v) is 2.46. The lowest BCUT2D eigenvalue weighted by Gasteiger charge is -2.16. The van der Waals surface area contributed by atoms with E-state index in [-0.39, 0.29) is 5.75 Å². The first kappa shape index (κ1) is 15.7. The van der Waals surface area contributed by atoms with Gasteiger partial charge in [0.2, 0.25) is 5.75 Å². The first-order chi connectivity index (χ1) is 11.7. The summed E-state index contributed by atoms with van der Waals surface area (Å²) in [7, 11) is 4.65. The van der Waals surface area contributed by atoms with E-state index in [4.69, 9.17) is 14.2 Å². The standard InChI is InChI=1S/C17H17N3O4/c1-22-13-8-12-14(16(24-3)15(13)23-2)17(19-9-18-12)20-10-4-6-11(21)7-5-10/h4-9,21H,1-3H3,(H,18,19,20). The van der Waals surface area contributed by atoms with Gasteiger partial charge in [0, 0.05) is 11.8 Å². The number of phenols is 1. The Balaban J connectivity index is 2.19. The lowest BCUT2D eigenvalue weighted by atomic mass is 10.1. The Kier molecular flexibility index (Phi) is 4.24. The highest BCUT2D eigenvalue weighted by Crippen LogP contribution is 2.45. The second-order valence-corrected chi connectivity index (χ2v) is 4.93. The van der Waals surface area contributed by atoms with Crippen LogP contribution in [0.3, 0.4) is 0 Å². The van der Waals surface area contributed by atoms with Gasteiger partial charge in [0.1, 0.15) is 17.9 Å². The molecule has 0 spiro atoms. The zero-order valence-corrected chi connectivity index (χ0v) is 13.5. The van der Waals surface area contributed by atoms with E-state index in [1.807, 2.05) is 0 Å². The summed E-state index contributed by atoms with van der Waals surface area (Å²) >= 11 is 0. The van der Waals surface area contributed by atoms with Crippen LogP contribution in [0.5, 0.6) is 23.0 Å². The predicted molar refractivity (Wildman–Crippen MR) is 90.6 cm³/mol. The number of hydrogen-bond donors (Lipinski definition) is 2. The van der Waals surface area contributed by atoms with Crippen molar-refractivity contribution >= 4 is 22.4 Å². The van der Waals surface area contributed by atoms with E-state index >= 15 is 0 Å². The Bertz CT molecular complexity index is 866. The molecule has 7 nitrogen and oxygen atoms in total. The van der Waals surface area contributed by atoms with E-state index in [2.05, 4.69) is 15.3 Å². The monoisotopic (exact) mass is 327 g/mol. The molecule has 2 aromatic carbocycles. The summed E-state index contributed by atoms with van der Waals surface area (Å²) in [5.74, 6) is 2.22. The Labute approximate surface area is 138 Å². The van der Waals surface area contributed by atoms with Gasteiger partial charge in [0.15, 0.2) is 11.5 Å². The number of ether oxygens (including phenoxy) is 3. The first-order valence-electron chi connectivity index (χ1n) is 7.17. The SMILES string of the molecule is COc1cc2ncnc(Nc3ccc(O)cc3)c2c(OC)c1OC. The maximum atomic E-state index is 9.40. The largest absolute Gasteiger partial charge is 0.508 e. The molecule has 3 rings (SSSR count). The predicted octanol–water partition coefficient (Wildman–Crippen LogP) is 3.10. The van der Waals surface area contributed by atoms with Gasteiger partial charge in [-0.05, 0) is 24.3 Å². The Morgan fingerprint density at radius 2 is 1.62 bits per heavy atom. The molecule has 0 saturated heterocycles. The number of nitrogens with one attached hydrogen (secondary N) is 1. The Hall–Kier alpha value is -3.22. The highest BCUT2D eigenvalue weighted by atomic mass is 16.5. The van der Waals surface area contributed by atoms with Crippen molar-refractivity contribution in [2.24, 2.45) is 0 Å². The molecule has 0 unspecified atom stereocenters. The molecule has 0 radical (unpaired) electrons. The fourth-order valence-electron chi connectivity index (χ4n) is 2.46. The molecule has 0 aliphatic heterocycles. The summed E-state index contributed by atoms with van der Waals surface area (Å²) in [6.45, 7) is 0. The molecule has 2 N–H and O–H groups in total. The molecular formula is C17H17N3O4. The molecular weight excluding hydrogens is 310 g/mol. The number of aromatic nitrogens is 2. The van der Waals surface area contributed by atoms with Crippen molar-refractivity contribution in [3.05, 3.63) is 36.7 Å². The molecule has 3 aromatic rings. The van der Waals surface area contributed by atoms with Crippen molar-refractivity contribution in [3.63, 3.8) is 0 Å². The van der Waals surface area contributed by atoms with Crippen molar-refractivity contribution < 1.29 is 19.3 Å². The zero-order chi connectivity index (χ0) is 17.1. The van der Waals surface area contributed by atoms with Crippen LogP contribution in [-0.2, 0) is 0 Å². The molecule has 0 saturated carbocycles. The van der Waals surface area contributed by atoms with Crippen molar-refractivity contribution in [3.8, 4) is 23.0 Å². The van der Waals surface area contributed by atoms with Crippen LogP contribution in [0.4, 0.5) is 11.5 Å². The maximum Gasteiger partial charge on any atom is 0.204 e. The number of phenolic OH excluding ortho intramolecular Hbond substituents is 1. The van der Waals surface area contributed by atoms with E-state index in [0.717, 1.165) is 5.69 Å². The van der Waals surface area contributed by atoms with Gasteiger partial charge in [-0.2, -0.15) is 0 Å². The summed E-state index contributed by atoms with van der Waals surface area (Å²) < 4.78 is 16.3. The number of aromatic hydroxyl groups is 1. The van der Waals surface area contributed by atoms with Crippen LogP contribution >= 0.6 is 0 Å². The van der Waals surface area contributed by atoms with Gasteiger partial charge in [0.25, 0.3) is 0 Å². The third-order valence-corrected chi connectivity index (χ3v) is 3.56. The van der Waals surface area contributed by atoms with Crippen molar-refractivity contribution in [2.75, 3.05) is 26.6 Å². The summed E-state index contributed by atoms with van der Waals surface area (Å²) in [4.78, 5) is 8.59. The number of methoxy groups -OCH3 is 3. The smallest absolute Gasteiger partial charge is 0.204 e. The van der Waals surface area contributed by atoms with Crippen molar-refractivity contribution in [1.82, 2.24) is 9.97 Å². The van der Waals surface area contributed by atoms with E-state index < -0.39 is 0 Å². The zero-order valence-electron chi connectivity index (χ0n) is 13.5. The van der Waals surface area contributed by atoms with Crippen LogP contribution < -0.4 is 19.5 Å². The highest BCUT2D eigenvalue weighted by molar-refractivity contribution is 5.99. The van der Waals surface area contributed by atoms with E-state index in [1.54, 1.807) is 51.7 Å². The van der Waals surface area contributed by atoms with E-state index in [0.29, 0.717) is 34.0 Å². The average Bonchev–Trinajstić information content (AvgIpc) is 2.62. The average molecular weight is 327 g/mol. The van der Waals surface area contributed by atoms with Crippen molar-refractivity contribution in [2.45, 2.75) is 0 Å². The van der Waals surface area contributed by atoms with Crippen LogP contribution in [0, 0.1) is 0 Å². The van der Waals surface area contributed by atoms with E-state index in [1.165, 1.54) is 6.33 Å². The lowest BCUT2D eigenvalue weighted by molar-refractivity contribution is 0.327. The molecule has 0 atom stereocenters. The fraction of sp³-hybridized carbons (Fsp3) is 0.176. The van der Waals surface area contributed by atoms with Gasteiger partial charge in [-0.15, -0.1) is 0 Å². The Morgan fingerprint density at radius 1 is 0.917 bits per heavy atom. The van der Waals surface area contributed by atoms with Crippen LogP contribution in [0.25, 0.3) is 10.9 Å². The van der Waals surface area contributed by atoms with Gasteiger partial charge in [-0.1, -0.05) is 0 Å². The molecule has 1 heterocycles. The number of benzene rings is 2. The molecule has 124 valence electrons. The summed E-state index contributed by atoms with van der Waals surface area (Å²) in [5, 5.41) is 13.3. The molecule has 7 heteroatoms. The third-order valence-electron chi connectivity index (χ3n) is 3.56. The highest BCUT2D eigenvalue weighted by Gasteiger charge is 2.20. The molecule has 0 fully saturated rings. The molecule has 24 heavy (non-hydrogen) atoms. The minimum Gasteiger partial charge on any atom is -0.508 e. The van der Waals surface area contributed by atoms with Gasteiger partial charge >= 0.3 is 0 Å². The number of nitrogens with zero attached hydrogens (tertiary/aromatic N) is 2. The Morgan fingerprint density at radius 3 is 2.25 bits per heavy atom. The van der Waals surface area contributed by atoms with Crippen LogP contribution in [-0.4, -0.2) is 36.4 Å². The minimum absolute atomic E-state index is 0.192. The van der Waals surface area contributed by atoms with Crippen molar-refractivity contribution in [1.29, 1.82) is 0 Å². The lowest BCUT2D eigenvalue weighted by Crippen LogP contribution is -2.01. The second kappa shape index (κ2) is 6.49. The van der Waals surface area contributed by atoms with Gasteiger partial charge in [-0.25, -0.2) is 9.97 Å². The number of rotatable bonds is 5. The van der Waals surface area contributed by atoms with Gasteiger partial charge in [0.05, 0.1) is 32.2 Å². The minimum atomic E-state index is 0.192. The molecule has 0 amide bonds. The van der Waals surface area contributed by atoms with Crippen LogP contribution in [0.1, 0.15) is 0 Å².